The summed E-state index contributed by atoms with van der Waals surface area (Å²) in [5.41, 5.74) is 1.57. The Kier molecular flexibility index (Phi) is 3.76. The molecule has 0 bridgehead atoms. The normalized spacial score (nSPS) is 12.0. The Morgan fingerprint density at radius 3 is 2.57 bits per heavy atom. The Hall–Kier alpha value is -0.760. The first-order chi connectivity index (χ1) is 6.54. The molecule has 14 heavy (non-hydrogen) atoms. The van der Waals surface area contributed by atoms with Gasteiger partial charge in [0.25, 0.3) is 0 Å². The molecule has 0 unspecified atom stereocenters. The van der Waals surface area contributed by atoms with E-state index in [1.54, 1.807) is 0 Å². The van der Waals surface area contributed by atoms with Crippen molar-refractivity contribution in [2.45, 2.75) is 46.2 Å². The van der Waals surface area contributed by atoms with E-state index in [1.807, 2.05) is 0 Å². The molecule has 0 aromatic carbocycles. The van der Waals surface area contributed by atoms with Crippen LogP contribution in [0.4, 0.5) is 0 Å². The Labute approximate surface area is 87.3 Å². The second kappa shape index (κ2) is 4.65. The highest BCUT2D eigenvalue weighted by molar-refractivity contribution is 5.11. The summed E-state index contributed by atoms with van der Waals surface area (Å²) in [4.78, 5) is 0. The number of nitrogens with one attached hydrogen (secondary N) is 1. The fraction of sp³-hybridized carbons (Fsp3) is 0.667. The van der Waals surface area contributed by atoms with Crippen LogP contribution in [0.5, 0.6) is 0 Å². The van der Waals surface area contributed by atoms with E-state index in [9.17, 15) is 0 Å². The van der Waals surface area contributed by atoms with Crippen LogP contribution in [0.25, 0.3) is 0 Å². The first kappa shape index (κ1) is 11.3. The van der Waals surface area contributed by atoms with E-state index < -0.39 is 0 Å². The standard InChI is InChI=1S/C12H22N2/c1-5-7-13-9-11-6-8-14(10-11)12(2,3)4/h6,8,10,13H,5,7,9H2,1-4H3. The summed E-state index contributed by atoms with van der Waals surface area (Å²) < 4.78 is 2.26. The molecule has 80 valence electrons. The Morgan fingerprint density at radius 1 is 1.36 bits per heavy atom. The number of hydrogen-bond donors (Lipinski definition) is 1. The van der Waals surface area contributed by atoms with Crippen LogP contribution in [0.15, 0.2) is 18.5 Å². The van der Waals surface area contributed by atoms with Gasteiger partial charge in [0.05, 0.1) is 0 Å². The molecular formula is C12H22N2. The molecule has 1 N–H and O–H groups in total. The second-order valence-electron chi connectivity index (χ2n) is 4.77. The van der Waals surface area contributed by atoms with Crippen molar-refractivity contribution in [1.82, 2.24) is 9.88 Å². The van der Waals surface area contributed by atoms with Gasteiger partial charge in [-0.05, 0) is 45.4 Å². The lowest BCUT2D eigenvalue weighted by Crippen LogP contribution is -2.20. The second-order valence-corrected chi connectivity index (χ2v) is 4.77. The van der Waals surface area contributed by atoms with Gasteiger partial charge in [-0.1, -0.05) is 6.92 Å². The van der Waals surface area contributed by atoms with Crippen molar-refractivity contribution < 1.29 is 0 Å². The van der Waals surface area contributed by atoms with Gasteiger partial charge in [0.15, 0.2) is 0 Å². The smallest absolute Gasteiger partial charge is 0.0355 e. The average molecular weight is 194 g/mol. The quantitative estimate of drug-likeness (QED) is 0.729. The van der Waals surface area contributed by atoms with Crippen molar-refractivity contribution in [3.05, 3.63) is 24.0 Å². The molecule has 0 atom stereocenters. The van der Waals surface area contributed by atoms with Crippen molar-refractivity contribution in [3.63, 3.8) is 0 Å². The Morgan fingerprint density at radius 2 is 2.07 bits per heavy atom. The van der Waals surface area contributed by atoms with Crippen LogP contribution in [-0.4, -0.2) is 11.1 Å². The van der Waals surface area contributed by atoms with Gasteiger partial charge in [0.1, 0.15) is 0 Å². The molecule has 0 aliphatic heterocycles. The zero-order valence-corrected chi connectivity index (χ0v) is 9.80. The zero-order valence-electron chi connectivity index (χ0n) is 9.80. The van der Waals surface area contributed by atoms with Crippen LogP contribution in [0.2, 0.25) is 0 Å². The highest BCUT2D eigenvalue weighted by Crippen LogP contribution is 2.15. The highest BCUT2D eigenvalue weighted by Gasteiger charge is 2.11. The predicted molar refractivity (Wildman–Crippen MR) is 61.4 cm³/mol. The Bertz CT molecular complexity index is 268. The van der Waals surface area contributed by atoms with E-state index in [4.69, 9.17) is 0 Å². The molecule has 1 heterocycles. The Balaban J connectivity index is 2.51. The maximum Gasteiger partial charge on any atom is 0.0355 e. The van der Waals surface area contributed by atoms with Crippen molar-refractivity contribution >= 4 is 0 Å². The molecule has 0 aliphatic carbocycles. The largest absolute Gasteiger partial charge is 0.349 e. The first-order valence-corrected chi connectivity index (χ1v) is 5.42. The third kappa shape index (κ3) is 3.18. The van der Waals surface area contributed by atoms with E-state index >= 15 is 0 Å². The lowest BCUT2D eigenvalue weighted by Gasteiger charge is -2.20. The zero-order chi connectivity index (χ0) is 10.6. The third-order valence-corrected chi connectivity index (χ3v) is 2.28. The van der Waals surface area contributed by atoms with Crippen molar-refractivity contribution in [1.29, 1.82) is 0 Å². The number of hydrogen-bond acceptors (Lipinski definition) is 1. The summed E-state index contributed by atoms with van der Waals surface area (Å²) in [5.74, 6) is 0. The minimum atomic E-state index is 0.197. The van der Waals surface area contributed by atoms with Gasteiger partial charge in [-0.3, -0.25) is 0 Å². The maximum absolute atomic E-state index is 3.40. The minimum absolute atomic E-state index is 0.197. The van der Waals surface area contributed by atoms with Crippen LogP contribution in [0, 0.1) is 0 Å². The van der Waals surface area contributed by atoms with Gasteiger partial charge in [-0.25, -0.2) is 0 Å². The van der Waals surface area contributed by atoms with Crippen LogP contribution in [-0.2, 0) is 12.1 Å². The van der Waals surface area contributed by atoms with Gasteiger partial charge in [0.2, 0.25) is 0 Å². The van der Waals surface area contributed by atoms with Gasteiger partial charge < -0.3 is 9.88 Å². The van der Waals surface area contributed by atoms with Crippen LogP contribution in [0.3, 0.4) is 0 Å². The molecule has 1 aromatic rings. The molecular weight excluding hydrogens is 172 g/mol. The van der Waals surface area contributed by atoms with Gasteiger partial charge in [-0.2, -0.15) is 0 Å². The number of aromatic nitrogens is 1. The molecule has 0 saturated heterocycles. The monoisotopic (exact) mass is 194 g/mol. The van der Waals surface area contributed by atoms with Gasteiger partial charge >= 0.3 is 0 Å². The molecule has 2 heteroatoms. The molecule has 0 amide bonds. The molecule has 1 rings (SSSR count). The highest BCUT2D eigenvalue weighted by atomic mass is 15.0. The molecule has 0 saturated carbocycles. The molecule has 2 nitrogen and oxygen atoms in total. The van der Waals surface area contributed by atoms with Gasteiger partial charge in [-0.15, -0.1) is 0 Å². The van der Waals surface area contributed by atoms with E-state index in [0.717, 1.165) is 13.1 Å². The lowest BCUT2D eigenvalue weighted by molar-refractivity contribution is 0.397. The fourth-order valence-corrected chi connectivity index (χ4v) is 1.37. The molecule has 1 aromatic heterocycles. The summed E-state index contributed by atoms with van der Waals surface area (Å²) in [5, 5.41) is 3.40. The number of nitrogens with zero attached hydrogens (tertiary/aromatic N) is 1. The summed E-state index contributed by atoms with van der Waals surface area (Å²) in [7, 11) is 0. The SMILES string of the molecule is CCCNCc1ccn(C(C)(C)C)c1. The lowest BCUT2D eigenvalue weighted by atomic mass is 10.1. The third-order valence-electron chi connectivity index (χ3n) is 2.28. The summed E-state index contributed by atoms with van der Waals surface area (Å²) >= 11 is 0. The maximum atomic E-state index is 3.40. The molecule has 0 spiro atoms. The predicted octanol–water partition coefficient (Wildman–Crippen LogP) is 2.74. The average Bonchev–Trinajstić information content (AvgIpc) is 2.52. The summed E-state index contributed by atoms with van der Waals surface area (Å²) in [6.07, 6.45) is 5.57. The topological polar surface area (TPSA) is 17.0 Å². The summed E-state index contributed by atoms with van der Waals surface area (Å²) in [6, 6.07) is 2.19. The van der Waals surface area contributed by atoms with E-state index in [2.05, 4.69) is 56.0 Å². The van der Waals surface area contributed by atoms with Crippen molar-refractivity contribution in [2.75, 3.05) is 6.54 Å². The van der Waals surface area contributed by atoms with E-state index in [1.165, 1.54) is 12.0 Å². The van der Waals surface area contributed by atoms with Crippen LogP contribution in [0.1, 0.15) is 39.7 Å². The first-order valence-electron chi connectivity index (χ1n) is 5.42. The van der Waals surface area contributed by atoms with Crippen LogP contribution >= 0.6 is 0 Å². The fourth-order valence-electron chi connectivity index (χ4n) is 1.37. The minimum Gasteiger partial charge on any atom is -0.349 e. The van der Waals surface area contributed by atoms with Crippen molar-refractivity contribution in [2.24, 2.45) is 0 Å². The van der Waals surface area contributed by atoms with Crippen molar-refractivity contribution in [3.8, 4) is 0 Å². The van der Waals surface area contributed by atoms with Gasteiger partial charge in [0, 0.05) is 24.5 Å². The van der Waals surface area contributed by atoms with Crippen LogP contribution < -0.4 is 5.32 Å². The molecule has 0 aliphatic rings. The number of rotatable bonds is 4. The molecule has 0 radical (unpaired) electrons. The van der Waals surface area contributed by atoms with E-state index in [0.29, 0.717) is 0 Å². The molecule has 0 fully saturated rings. The summed E-state index contributed by atoms with van der Waals surface area (Å²) in [6.45, 7) is 10.9. The van der Waals surface area contributed by atoms with E-state index in [-0.39, 0.29) is 5.54 Å².